The third kappa shape index (κ3) is 9.33. The van der Waals surface area contributed by atoms with E-state index < -0.39 is 72.7 Å². The van der Waals surface area contributed by atoms with Gasteiger partial charge < -0.3 is 19.7 Å². The lowest BCUT2D eigenvalue weighted by atomic mass is 10.0. The van der Waals surface area contributed by atoms with Gasteiger partial charge in [0, 0.05) is 32.6 Å². The second-order valence-corrected chi connectivity index (χ2v) is 6.02. The van der Waals surface area contributed by atoms with Gasteiger partial charge in [-0.2, -0.15) is 39.5 Å². The summed E-state index contributed by atoms with van der Waals surface area (Å²) in [6.07, 6.45) is -20.7. The van der Waals surface area contributed by atoms with Gasteiger partial charge in [0.1, 0.15) is 11.4 Å². The van der Waals surface area contributed by atoms with Crippen LogP contribution < -0.4 is 0 Å². The molecule has 33 heavy (non-hydrogen) atoms. The molecular formula is C18H23F9N2O4. The summed E-state index contributed by atoms with van der Waals surface area (Å²) < 4.78 is 125. The summed E-state index contributed by atoms with van der Waals surface area (Å²) in [4.78, 5) is 6.15. The number of aliphatic hydroxyl groups excluding tert-OH is 2. The fraction of sp³-hybridized carbons (Fsp3) is 0.667. The molecule has 0 bridgehead atoms. The van der Waals surface area contributed by atoms with E-state index in [0.717, 1.165) is 14.2 Å². The van der Waals surface area contributed by atoms with E-state index in [0.29, 0.717) is 0 Å². The third-order valence-electron chi connectivity index (χ3n) is 3.81. The molecule has 0 fully saturated rings. The molecule has 0 amide bonds. The molecule has 1 aliphatic rings. The molecule has 0 aliphatic carbocycles. The zero-order chi connectivity index (χ0) is 26.2. The van der Waals surface area contributed by atoms with Crippen molar-refractivity contribution < 1.29 is 59.2 Å². The second-order valence-electron chi connectivity index (χ2n) is 6.02. The lowest BCUT2D eigenvalue weighted by Gasteiger charge is -2.28. The largest absolute Gasteiger partial charge is 0.448 e. The van der Waals surface area contributed by atoms with E-state index in [2.05, 4.69) is 14.7 Å². The number of ether oxygens (including phenoxy) is 2. The summed E-state index contributed by atoms with van der Waals surface area (Å²) in [6, 6.07) is -0.946. The molecule has 2 heterocycles. The normalized spacial score (nSPS) is 19.8. The van der Waals surface area contributed by atoms with Gasteiger partial charge in [-0.15, -0.1) is 0 Å². The monoisotopic (exact) mass is 502 g/mol. The molecule has 2 N–H and O–H groups in total. The Morgan fingerprint density at radius 3 is 1.82 bits per heavy atom. The van der Waals surface area contributed by atoms with Crippen LogP contribution in [0.2, 0.25) is 0 Å². The van der Waals surface area contributed by atoms with Crippen LogP contribution in [-0.4, -0.2) is 59.9 Å². The van der Waals surface area contributed by atoms with Gasteiger partial charge in [0.05, 0.1) is 6.04 Å². The highest BCUT2D eigenvalue weighted by Gasteiger charge is 2.43. The fourth-order valence-corrected chi connectivity index (χ4v) is 2.51. The van der Waals surface area contributed by atoms with Gasteiger partial charge in [0.2, 0.25) is 12.2 Å². The molecule has 1 aliphatic heterocycles. The number of aromatic nitrogens is 1. The number of hydrogen-bond acceptors (Lipinski definition) is 6. The smallest absolute Gasteiger partial charge is 0.433 e. The van der Waals surface area contributed by atoms with Gasteiger partial charge in [0.25, 0.3) is 0 Å². The maximum atomic E-state index is 12.9. The molecule has 192 valence electrons. The molecule has 6 nitrogen and oxygen atoms in total. The van der Waals surface area contributed by atoms with Crippen LogP contribution in [0.3, 0.4) is 0 Å². The molecule has 3 unspecified atom stereocenters. The Labute approximate surface area is 183 Å². The summed E-state index contributed by atoms with van der Waals surface area (Å²) in [6.45, 7) is 4.00. The van der Waals surface area contributed by atoms with Crippen LogP contribution in [0.15, 0.2) is 17.1 Å². The zero-order valence-electron chi connectivity index (χ0n) is 17.8. The van der Waals surface area contributed by atoms with Crippen molar-refractivity contribution in [3.63, 3.8) is 0 Å². The van der Waals surface area contributed by atoms with Gasteiger partial charge in [-0.1, -0.05) is 13.8 Å². The molecule has 3 atom stereocenters. The standard InChI is InChI=1S/C15H13F9N2O3.C2H6.CH4O/c1-28-10(15(22,23)24)4-7-5-11(27)29-12(25-7)6-2-8(13(16,17)18)26-9(3-6)14(19,20)21;2*1-2/h2-3,7,10-11,27H,4-5H2,1H3;1-2H3;2H,1H3. The van der Waals surface area contributed by atoms with Crippen molar-refractivity contribution in [2.24, 2.45) is 4.99 Å². The van der Waals surface area contributed by atoms with Gasteiger partial charge >= 0.3 is 18.5 Å². The van der Waals surface area contributed by atoms with E-state index in [4.69, 9.17) is 9.84 Å². The van der Waals surface area contributed by atoms with Crippen LogP contribution in [0.4, 0.5) is 39.5 Å². The summed E-state index contributed by atoms with van der Waals surface area (Å²) in [7, 11) is 1.77. The minimum atomic E-state index is -5.25. The van der Waals surface area contributed by atoms with Crippen LogP contribution in [0.1, 0.15) is 43.6 Å². The van der Waals surface area contributed by atoms with Crippen LogP contribution >= 0.6 is 0 Å². The maximum Gasteiger partial charge on any atom is 0.433 e. The lowest BCUT2D eigenvalue weighted by molar-refractivity contribution is -0.216. The highest BCUT2D eigenvalue weighted by atomic mass is 19.4. The predicted molar refractivity (Wildman–Crippen MR) is 97.2 cm³/mol. The molecule has 1 aromatic rings. The Balaban J connectivity index is 0.00000242. The van der Waals surface area contributed by atoms with E-state index in [1.165, 1.54) is 0 Å². The number of pyridine rings is 1. The number of methoxy groups -OCH3 is 1. The molecule has 0 radical (unpaired) electrons. The first-order valence-electron chi connectivity index (χ1n) is 9.25. The van der Waals surface area contributed by atoms with E-state index in [9.17, 15) is 44.6 Å². The SMILES string of the molecule is CC.CO.COC(CC1CC(O)OC(c2cc(C(F)(F)F)nc(C(F)(F)F)c2)=N1)C(F)(F)F. The first-order valence-corrected chi connectivity index (χ1v) is 9.25. The van der Waals surface area contributed by atoms with Gasteiger partial charge in [-0.3, -0.25) is 0 Å². The van der Waals surface area contributed by atoms with E-state index in [1.54, 1.807) is 0 Å². The first kappa shape index (κ1) is 30.9. The Morgan fingerprint density at radius 2 is 1.45 bits per heavy atom. The Hall–Kier alpha value is -2.13. The molecule has 15 heteroatoms. The average molecular weight is 502 g/mol. The van der Waals surface area contributed by atoms with Crippen molar-refractivity contribution in [1.82, 2.24) is 4.98 Å². The van der Waals surface area contributed by atoms with E-state index in [-0.39, 0.29) is 12.1 Å². The van der Waals surface area contributed by atoms with Gasteiger partial charge in [-0.25, -0.2) is 9.98 Å². The van der Waals surface area contributed by atoms with Crippen molar-refractivity contribution in [1.29, 1.82) is 0 Å². The number of aliphatic imine (C=N–C) groups is 1. The molecule has 2 rings (SSSR count). The molecule has 1 aromatic heterocycles. The molecule has 0 saturated carbocycles. The topological polar surface area (TPSA) is 84.2 Å². The highest BCUT2D eigenvalue weighted by Crippen LogP contribution is 2.35. The fourth-order valence-electron chi connectivity index (χ4n) is 2.51. The minimum Gasteiger partial charge on any atom is -0.448 e. The number of nitrogens with zero attached hydrogens (tertiary/aromatic N) is 2. The molecule has 0 spiro atoms. The van der Waals surface area contributed by atoms with Crippen molar-refractivity contribution >= 4 is 5.90 Å². The van der Waals surface area contributed by atoms with Crippen LogP contribution in [0.25, 0.3) is 0 Å². The van der Waals surface area contributed by atoms with Crippen molar-refractivity contribution in [3.8, 4) is 0 Å². The number of rotatable bonds is 4. The summed E-state index contributed by atoms with van der Waals surface area (Å²) in [5, 5.41) is 16.7. The Morgan fingerprint density at radius 1 is 1.00 bits per heavy atom. The van der Waals surface area contributed by atoms with Crippen molar-refractivity contribution in [2.45, 2.75) is 63.7 Å². The predicted octanol–water partition coefficient (Wildman–Crippen LogP) is 4.58. The van der Waals surface area contributed by atoms with E-state index >= 15 is 0 Å². The third-order valence-corrected chi connectivity index (χ3v) is 3.81. The quantitative estimate of drug-likeness (QED) is 0.590. The first-order chi connectivity index (χ1) is 15.1. The van der Waals surface area contributed by atoms with Gasteiger partial charge in [-0.05, 0) is 12.1 Å². The minimum absolute atomic E-state index is 0.195. The summed E-state index contributed by atoms with van der Waals surface area (Å²) in [5.41, 5.74) is -4.66. The van der Waals surface area contributed by atoms with Crippen LogP contribution in [0.5, 0.6) is 0 Å². The van der Waals surface area contributed by atoms with Crippen molar-refractivity contribution in [3.05, 3.63) is 29.1 Å². The molecular weight excluding hydrogens is 479 g/mol. The van der Waals surface area contributed by atoms with Crippen LogP contribution in [0, 0.1) is 0 Å². The van der Waals surface area contributed by atoms with E-state index in [1.807, 2.05) is 13.8 Å². The Bertz CT molecular complexity index is 733. The highest BCUT2D eigenvalue weighted by molar-refractivity contribution is 5.95. The Kier molecular flexibility index (Phi) is 11.6. The molecule has 0 aromatic carbocycles. The number of hydrogen-bond donors (Lipinski definition) is 2. The van der Waals surface area contributed by atoms with Crippen LogP contribution in [-0.2, 0) is 21.8 Å². The molecule has 0 saturated heterocycles. The lowest BCUT2D eigenvalue weighted by Crippen LogP contribution is -2.38. The number of halogens is 9. The second kappa shape index (κ2) is 12.4. The van der Waals surface area contributed by atoms with Gasteiger partial charge in [0.15, 0.2) is 6.10 Å². The average Bonchev–Trinajstić information content (AvgIpc) is 2.72. The number of aliphatic hydroxyl groups is 2. The zero-order valence-corrected chi connectivity index (χ0v) is 17.8. The van der Waals surface area contributed by atoms with Crippen molar-refractivity contribution in [2.75, 3.05) is 14.2 Å². The summed E-state index contributed by atoms with van der Waals surface area (Å²) >= 11 is 0. The number of alkyl halides is 9. The summed E-state index contributed by atoms with van der Waals surface area (Å²) in [5.74, 6) is -0.871. The maximum absolute atomic E-state index is 12.9.